The van der Waals surface area contributed by atoms with Crippen LogP contribution in [-0.4, -0.2) is 27.7 Å². The summed E-state index contributed by atoms with van der Waals surface area (Å²) in [5.74, 6) is 0.615. The number of thioether (sulfide) groups is 1. The summed E-state index contributed by atoms with van der Waals surface area (Å²) in [6.45, 7) is 3.74. The van der Waals surface area contributed by atoms with Crippen molar-refractivity contribution in [1.29, 1.82) is 0 Å². The fraction of sp³-hybridized carbons (Fsp3) is 0.500. The molecule has 0 aliphatic rings. The Morgan fingerprint density at radius 2 is 2.18 bits per heavy atom. The van der Waals surface area contributed by atoms with Gasteiger partial charge in [0.25, 0.3) is 0 Å². The van der Waals surface area contributed by atoms with Gasteiger partial charge in [0.1, 0.15) is 11.6 Å². The molecule has 0 saturated heterocycles. The Balaban J connectivity index is 2.87. The van der Waals surface area contributed by atoms with Gasteiger partial charge in [-0.2, -0.15) is 0 Å². The molecule has 0 aliphatic carbocycles. The van der Waals surface area contributed by atoms with Crippen LogP contribution in [0.2, 0.25) is 0 Å². The van der Waals surface area contributed by atoms with Gasteiger partial charge in [0.15, 0.2) is 5.16 Å². The number of primary amides is 1. The van der Waals surface area contributed by atoms with E-state index in [0.717, 1.165) is 0 Å². The fourth-order valence-electron chi connectivity index (χ4n) is 1.42. The summed E-state index contributed by atoms with van der Waals surface area (Å²) in [5, 5.41) is 3.71. The molecular weight excluding hydrogens is 238 g/mol. The van der Waals surface area contributed by atoms with E-state index in [1.165, 1.54) is 11.8 Å². The van der Waals surface area contributed by atoms with Gasteiger partial charge in [-0.3, -0.25) is 4.79 Å². The average Bonchev–Trinajstić information content (AvgIpc) is 2.13. The maximum Gasteiger partial charge on any atom is 0.219 e. The lowest BCUT2D eigenvalue weighted by atomic mass is 10.0. The zero-order valence-corrected chi connectivity index (χ0v) is 11.0. The molecule has 0 radical (unpaired) electrons. The lowest BCUT2D eigenvalue weighted by molar-refractivity contribution is -0.118. The van der Waals surface area contributed by atoms with E-state index in [-0.39, 0.29) is 12.3 Å². The molecule has 17 heavy (non-hydrogen) atoms. The highest BCUT2D eigenvalue weighted by molar-refractivity contribution is 7.98. The van der Waals surface area contributed by atoms with Crippen molar-refractivity contribution in [3.8, 4) is 0 Å². The van der Waals surface area contributed by atoms with E-state index < -0.39 is 5.54 Å². The van der Waals surface area contributed by atoms with Crippen LogP contribution in [0, 0.1) is 0 Å². The molecule has 94 valence electrons. The van der Waals surface area contributed by atoms with Crippen molar-refractivity contribution in [2.24, 2.45) is 5.73 Å². The van der Waals surface area contributed by atoms with Gasteiger partial charge >= 0.3 is 0 Å². The Labute approximate surface area is 105 Å². The van der Waals surface area contributed by atoms with E-state index in [9.17, 15) is 4.79 Å². The molecule has 0 aromatic carbocycles. The normalized spacial score (nSPS) is 11.2. The number of nitrogens with two attached hydrogens (primary N) is 2. The Morgan fingerprint density at radius 3 is 2.71 bits per heavy atom. The van der Waals surface area contributed by atoms with Gasteiger partial charge in [0.05, 0.1) is 0 Å². The first-order valence-corrected chi connectivity index (χ1v) is 6.30. The second-order valence-electron chi connectivity index (χ2n) is 4.32. The molecular formula is C10H17N5OS. The Bertz CT molecular complexity index is 421. The first kappa shape index (κ1) is 13.6. The van der Waals surface area contributed by atoms with E-state index in [0.29, 0.717) is 16.8 Å². The third kappa shape index (κ3) is 4.48. The van der Waals surface area contributed by atoms with Gasteiger partial charge in [-0.1, -0.05) is 11.8 Å². The quantitative estimate of drug-likeness (QED) is 0.532. The summed E-state index contributed by atoms with van der Waals surface area (Å²) in [4.78, 5) is 19.2. The van der Waals surface area contributed by atoms with Crippen LogP contribution in [0.1, 0.15) is 20.3 Å². The van der Waals surface area contributed by atoms with Gasteiger partial charge in [0, 0.05) is 18.0 Å². The molecule has 0 unspecified atom stereocenters. The summed E-state index contributed by atoms with van der Waals surface area (Å²) in [6.07, 6.45) is 2.08. The van der Waals surface area contributed by atoms with E-state index in [1.54, 1.807) is 6.07 Å². The molecule has 0 bridgehead atoms. The highest BCUT2D eigenvalue weighted by Crippen LogP contribution is 2.20. The molecule has 0 saturated carbocycles. The number of carbonyl (C=O) groups is 1. The standard InChI is InChI=1S/C10H17N5OS/c1-10(2,5-7(12)16)15-8-4-6(11)13-9(14-8)17-3/h4H,5H2,1-3H3,(H2,12,16)(H3,11,13,14,15). The average molecular weight is 255 g/mol. The van der Waals surface area contributed by atoms with Crippen LogP contribution in [0.4, 0.5) is 11.6 Å². The highest BCUT2D eigenvalue weighted by Gasteiger charge is 2.21. The number of amides is 1. The van der Waals surface area contributed by atoms with Crippen LogP contribution in [-0.2, 0) is 4.79 Å². The minimum Gasteiger partial charge on any atom is -0.383 e. The van der Waals surface area contributed by atoms with Crippen molar-refractivity contribution < 1.29 is 4.79 Å². The van der Waals surface area contributed by atoms with Crippen LogP contribution in [0.5, 0.6) is 0 Å². The van der Waals surface area contributed by atoms with E-state index in [2.05, 4.69) is 15.3 Å². The third-order valence-electron chi connectivity index (χ3n) is 1.99. The number of hydrogen-bond donors (Lipinski definition) is 3. The lowest BCUT2D eigenvalue weighted by Gasteiger charge is -2.25. The van der Waals surface area contributed by atoms with Crippen molar-refractivity contribution >= 4 is 29.3 Å². The topological polar surface area (TPSA) is 107 Å². The highest BCUT2D eigenvalue weighted by atomic mass is 32.2. The second-order valence-corrected chi connectivity index (χ2v) is 5.09. The summed E-state index contributed by atoms with van der Waals surface area (Å²) in [5.41, 5.74) is 10.4. The fourth-order valence-corrected chi connectivity index (χ4v) is 1.81. The largest absolute Gasteiger partial charge is 0.383 e. The molecule has 5 N–H and O–H groups in total. The molecule has 1 heterocycles. The Hall–Kier alpha value is -1.50. The second kappa shape index (κ2) is 5.22. The van der Waals surface area contributed by atoms with Gasteiger partial charge in [-0.15, -0.1) is 0 Å². The minimum atomic E-state index is -0.470. The molecule has 0 fully saturated rings. The van der Waals surface area contributed by atoms with Gasteiger partial charge < -0.3 is 16.8 Å². The Kier molecular flexibility index (Phi) is 4.17. The third-order valence-corrected chi connectivity index (χ3v) is 2.54. The molecule has 1 aromatic heterocycles. The molecule has 0 spiro atoms. The van der Waals surface area contributed by atoms with Crippen molar-refractivity contribution in [2.75, 3.05) is 17.3 Å². The molecule has 0 atom stereocenters. The van der Waals surface area contributed by atoms with Gasteiger partial charge in [-0.05, 0) is 20.1 Å². The number of anilines is 2. The molecule has 1 amide bonds. The SMILES string of the molecule is CSc1nc(N)cc(NC(C)(C)CC(N)=O)n1. The maximum atomic E-state index is 10.9. The zero-order chi connectivity index (χ0) is 13.1. The number of hydrogen-bond acceptors (Lipinski definition) is 6. The van der Waals surface area contributed by atoms with Crippen molar-refractivity contribution in [2.45, 2.75) is 31.0 Å². The smallest absolute Gasteiger partial charge is 0.219 e. The van der Waals surface area contributed by atoms with Crippen molar-refractivity contribution in [1.82, 2.24) is 9.97 Å². The van der Waals surface area contributed by atoms with E-state index in [4.69, 9.17) is 11.5 Å². The number of carbonyl (C=O) groups excluding carboxylic acids is 1. The molecule has 7 heteroatoms. The first-order valence-electron chi connectivity index (χ1n) is 5.07. The molecule has 1 rings (SSSR count). The number of nitrogen functional groups attached to an aromatic ring is 1. The minimum absolute atomic E-state index is 0.214. The summed E-state index contributed by atoms with van der Waals surface area (Å²) >= 11 is 1.40. The number of rotatable bonds is 5. The van der Waals surface area contributed by atoms with Gasteiger partial charge in [-0.25, -0.2) is 9.97 Å². The molecule has 0 aliphatic heterocycles. The molecule has 1 aromatic rings. The monoisotopic (exact) mass is 255 g/mol. The lowest BCUT2D eigenvalue weighted by Crippen LogP contribution is -2.36. The van der Waals surface area contributed by atoms with Crippen LogP contribution in [0.25, 0.3) is 0 Å². The van der Waals surface area contributed by atoms with E-state index >= 15 is 0 Å². The van der Waals surface area contributed by atoms with Crippen LogP contribution in [0.15, 0.2) is 11.2 Å². The predicted molar refractivity (Wildman–Crippen MR) is 69.7 cm³/mol. The first-order chi connectivity index (χ1) is 7.82. The van der Waals surface area contributed by atoms with Crippen LogP contribution < -0.4 is 16.8 Å². The van der Waals surface area contributed by atoms with Crippen molar-refractivity contribution in [3.63, 3.8) is 0 Å². The maximum absolute atomic E-state index is 10.9. The summed E-state index contributed by atoms with van der Waals surface area (Å²) in [7, 11) is 0. The predicted octanol–water partition coefficient (Wildman–Crippen LogP) is 0.847. The van der Waals surface area contributed by atoms with Crippen LogP contribution in [0.3, 0.4) is 0 Å². The number of aromatic nitrogens is 2. The van der Waals surface area contributed by atoms with Crippen LogP contribution >= 0.6 is 11.8 Å². The van der Waals surface area contributed by atoms with E-state index in [1.807, 2.05) is 20.1 Å². The number of nitrogens with zero attached hydrogens (tertiary/aromatic N) is 2. The molecule has 6 nitrogen and oxygen atoms in total. The summed E-state index contributed by atoms with van der Waals surface area (Å²) < 4.78 is 0. The zero-order valence-electron chi connectivity index (χ0n) is 10.2. The van der Waals surface area contributed by atoms with Crippen molar-refractivity contribution in [3.05, 3.63) is 6.07 Å². The number of nitrogens with one attached hydrogen (secondary N) is 1. The summed E-state index contributed by atoms with van der Waals surface area (Å²) in [6, 6.07) is 1.63. The Morgan fingerprint density at radius 1 is 1.53 bits per heavy atom. The van der Waals surface area contributed by atoms with Gasteiger partial charge in [0.2, 0.25) is 5.91 Å².